The van der Waals surface area contributed by atoms with Crippen molar-refractivity contribution in [2.45, 2.75) is 83.8 Å². The average molecular weight is 489 g/mol. The van der Waals surface area contributed by atoms with Crippen molar-refractivity contribution in [3.8, 4) is 0 Å². The molecule has 1 atom stereocenters. The fourth-order valence-corrected chi connectivity index (χ4v) is 4.92. The number of rotatable bonds is 9. The smallest absolute Gasteiger partial charge is 0.243 e. The Hall–Kier alpha value is -2.04. The third-order valence-corrected chi connectivity index (χ3v) is 7.03. The van der Waals surface area contributed by atoms with Gasteiger partial charge in [-0.05, 0) is 55.9 Å². The minimum Gasteiger partial charge on any atom is -0.352 e. The monoisotopic (exact) mass is 488 g/mol. The number of nitrogens with zero attached hydrogens (tertiary/aromatic N) is 1. The maximum Gasteiger partial charge on any atom is 0.243 e. The second-order valence-electron chi connectivity index (χ2n) is 9.01. The van der Waals surface area contributed by atoms with Gasteiger partial charge in [0.1, 0.15) is 6.04 Å². The van der Waals surface area contributed by atoms with Crippen molar-refractivity contribution >= 4 is 35.0 Å². The summed E-state index contributed by atoms with van der Waals surface area (Å²) in [5.74, 6) is -0.120. The summed E-state index contributed by atoms with van der Waals surface area (Å²) in [6.07, 6.45) is 7.02. The molecule has 1 aliphatic rings. The average Bonchev–Trinajstić information content (AvgIpc) is 2.80. The lowest BCUT2D eigenvalue weighted by Gasteiger charge is -2.33. The summed E-state index contributed by atoms with van der Waals surface area (Å²) in [4.78, 5) is 28.4. The lowest BCUT2D eigenvalue weighted by molar-refractivity contribution is -0.141. The predicted octanol–water partition coefficient (Wildman–Crippen LogP) is 6.49. The van der Waals surface area contributed by atoms with Crippen molar-refractivity contribution in [1.82, 2.24) is 10.2 Å². The molecule has 1 aliphatic carbocycles. The molecule has 0 radical (unpaired) electrons. The van der Waals surface area contributed by atoms with Crippen LogP contribution in [0.4, 0.5) is 0 Å². The zero-order chi connectivity index (χ0) is 23.8. The van der Waals surface area contributed by atoms with Crippen LogP contribution < -0.4 is 5.32 Å². The molecule has 1 N–H and O–H groups in total. The molecule has 1 saturated carbocycles. The number of amides is 2. The van der Waals surface area contributed by atoms with E-state index >= 15 is 0 Å². The first-order valence-corrected chi connectivity index (χ1v) is 12.7. The highest BCUT2D eigenvalue weighted by Crippen LogP contribution is 2.25. The van der Waals surface area contributed by atoms with Gasteiger partial charge >= 0.3 is 0 Å². The summed E-state index contributed by atoms with van der Waals surface area (Å²) >= 11 is 12.5. The van der Waals surface area contributed by atoms with Crippen molar-refractivity contribution in [1.29, 1.82) is 0 Å². The molecular formula is C27H34Cl2N2O2. The fraction of sp³-hybridized carbons (Fsp3) is 0.481. The van der Waals surface area contributed by atoms with Crippen LogP contribution in [-0.2, 0) is 22.6 Å². The van der Waals surface area contributed by atoms with E-state index in [0.29, 0.717) is 29.3 Å². The number of aryl methyl sites for hydroxylation is 2. The zero-order valence-corrected chi connectivity index (χ0v) is 21.1. The van der Waals surface area contributed by atoms with E-state index in [1.54, 1.807) is 17.0 Å². The number of halogens is 2. The topological polar surface area (TPSA) is 49.4 Å². The number of carbonyl (C=O) groups excluding carboxylic acids is 2. The molecule has 0 aromatic heterocycles. The van der Waals surface area contributed by atoms with E-state index in [-0.39, 0.29) is 24.4 Å². The van der Waals surface area contributed by atoms with Crippen molar-refractivity contribution in [3.05, 3.63) is 69.2 Å². The van der Waals surface area contributed by atoms with Gasteiger partial charge < -0.3 is 10.2 Å². The molecule has 2 aromatic rings. The molecule has 0 bridgehead atoms. The summed E-state index contributed by atoms with van der Waals surface area (Å²) in [5, 5.41) is 4.25. The molecule has 0 heterocycles. The normalized spacial score (nSPS) is 15.2. The van der Waals surface area contributed by atoms with Gasteiger partial charge in [0, 0.05) is 29.1 Å². The lowest BCUT2D eigenvalue weighted by atomic mass is 9.95. The van der Waals surface area contributed by atoms with Crippen molar-refractivity contribution in [2.24, 2.45) is 0 Å². The van der Waals surface area contributed by atoms with E-state index < -0.39 is 6.04 Å². The number of hydrogen-bond acceptors (Lipinski definition) is 2. The molecular weight excluding hydrogens is 455 g/mol. The van der Waals surface area contributed by atoms with Gasteiger partial charge in [-0.15, -0.1) is 0 Å². The molecule has 0 unspecified atom stereocenters. The Morgan fingerprint density at radius 1 is 1.06 bits per heavy atom. The largest absolute Gasteiger partial charge is 0.352 e. The third-order valence-electron chi connectivity index (χ3n) is 6.44. The van der Waals surface area contributed by atoms with Crippen LogP contribution in [0.2, 0.25) is 10.0 Å². The maximum atomic E-state index is 13.4. The van der Waals surface area contributed by atoms with Gasteiger partial charge in [0.15, 0.2) is 0 Å². The van der Waals surface area contributed by atoms with Gasteiger partial charge in [0.2, 0.25) is 11.8 Å². The third kappa shape index (κ3) is 7.48. The van der Waals surface area contributed by atoms with Crippen LogP contribution >= 0.6 is 23.2 Å². The van der Waals surface area contributed by atoms with E-state index in [1.165, 1.54) is 12.0 Å². The van der Waals surface area contributed by atoms with Gasteiger partial charge in [0.25, 0.3) is 0 Å². The molecule has 2 amide bonds. The molecule has 2 aromatic carbocycles. The number of hydrogen-bond donors (Lipinski definition) is 1. The number of nitrogens with one attached hydrogen (secondary N) is 1. The number of benzene rings is 2. The standard InChI is InChI=1S/C27H34Cl2N2O2/c1-3-25(27(33)30-23-7-5-4-6-8-23)31(18-21-14-15-22(28)17-24(21)29)26(32)16-13-20-11-9-19(2)10-12-20/h9-12,14-15,17,23,25H,3-8,13,16,18H2,1-2H3,(H,30,33)/t25-/m0/s1. The van der Waals surface area contributed by atoms with Gasteiger partial charge in [-0.2, -0.15) is 0 Å². The van der Waals surface area contributed by atoms with Gasteiger partial charge in [-0.1, -0.05) is 85.3 Å². The van der Waals surface area contributed by atoms with Gasteiger partial charge in [-0.25, -0.2) is 0 Å². The number of carbonyl (C=O) groups is 2. The summed E-state index contributed by atoms with van der Waals surface area (Å²) in [6.45, 7) is 4.28. The molecule has 33 heavy (non-hydrogen) atoms. The van der Waals surface area contributed by atoms with Crippen LogP contribution in [0.5, 0.6) is 0 Å². The second-order valence-corrected chi connectivity index (χ2v) is 9.85. The van der Waals surface area contributed by atoms with Crippen LogP contribution in [0.1, 0.15) is 68.6 Å². The highest BCUT2D eigenvalue weighted by atomic mass is 35.5. The summed E-state index contributed by atoms with van der Waals surface area (Å²) < 4.78 is 0. The second kappa shape index (κ2) is 12.4. The van der Waals surface area contributed by atoms with E-state index in [4.69, 9.17) is 23.2 Å². The van der Waals surface area contributed by atoms with E-state index in [2.05, 4.69) is 29.6 Å². The Morgan fingerprint density at radius 2 is 1.76 bits per heavy atom. The lowest BCUT2D eigenvalue weighted by Crippen LogP contribution is -2.51. The highest BCUT2D eigenvalue weighted by Gasteiger charge is 2.30. The molecule has 1 fully saturated rings. The molecule has 0 aliphatic heterocycles. The van der Waals surface area contributed by atoms with E-state index in [1.807, 2.05) is 19.9 Å². The van der Waals surface area contributed by atoms with Crippen molar-refractivity contribution in [2.75, 3.05) is 0 Å². The quantitative estimate of drug-likeness (QED) is 0.438. The Kier molecular flexibility index (Phi) is 9.64. The van der Waals surface area contributed by atoms with Gasteiger partial charge in [-0.3, -0.25) is 9.59 Å². The Bertz CT molecular complexity index is 940. The van der Waals surface area contributed by atoms with E-state index in [0.717, 1.165) is 36.8 Å². The van der Waals surface area contributed by atoms with Crippen LogP contribution in [0.15, 0.2) is 42.5 Å². The fourth-order valence-electron chi connectivity index (χ4n) is 4.45. The van der Waals surface area contributed by atoms with Crippen molar-refractivity contribution in [3.63, 3.8) is 0 Å². The minimum absolute atomic E-state index is 0.0489. The van der Waals surface area contributed by atoms with Crippen molar-refractivity contribution < 1.29 is 9.59 Å². The Morgan fingerprint density at radius 3 is 2.39 bits per heavy atom. The molecule has 0 spiro atoms. The summed E-state index contributed by atoms with van der Waals surface area (Å²) in [5.41, 5.74) is 3.08. The molecule has 3 rings (SSSR count). The first kappa shape index (κ1) is 25.6. The molecule has 0 saturated heterocycles. The van der Waals surface area contributed by atoms with Crippen LogP contribution in [0.3, 0.4) is 0 Å². The first-order chi connectivity index (χ1) is 15.9. The predicted molar refractivity (Wildman–Crippen MR) is 136 cm³/mol. The summed E-state index contributed by atoms with van der Waals surface area (Å²) in [6, 6.07) is 13.1. The van der Waals surface area contributed by atoms with Crippen LogP contribution in [-0.4, -0.2) is 28.8 Å². The van der Waals surface area contributed by atoms with Gasteiger partial charge in [0.05, 0.1) is 0 Å². The summed E-state index contributed by atoms with van der Waals surface area (Å²) in [7, 11) is 0. The van der Waals surface area contributed by atoms with Crippen LogP contribution in [0, 0.1) is 6.92 Å². The van der Waals surface area contributed by atoms with Crippen LogP contribution in [0.25, 0.3) is 0 Å². The zero-order valence-electron chi connectivity index (χ0n) is 19.6. The molecule has 4 nitrogen and oxygen atoms in total. The van der Waals surface area contributed by atoms with E-state index in [9.17, 15) is 9.59 Å². The minimum atomic E-state index is -0.538. The molecule has 6 heteroatoms. The SMILES string of the molecule is CC[C@@H](C(=O)NC1CCCCC1)N(Cc1ccc(Cl)cc1Cl)C(=O)CCc1ccc(C)cc1. The maximum absolute atomic E-state index is 13.4. The Labute approximate surface area is 207 Å². The molecule has 178 valence electrons. The Balaban J connectivity index is 1.77. The first-order valence-electron chi connectivity index (χ1n) is 12.0. The highest BCUT2D eigenvalue weighted by molar-refractivity contribution is 6.35.